The highest BCUT2D eigenvalue weighted by molar-refractivity contribution is 9.10. The Kier molecular flexibility index (Phi) is 6.30. The summed E-state index contributed by atoms with van der Waals surface area (Å²) in [6.07, 6.45) is 1.77. The van der Waals surface area contributed by atoms with Gasteiger partial charge in [-0.2, -0.15) is 0 Å². The van der Waals surface area contributed by atoms with Crippen LogP contribution in [0.2, 0.25) is 10.1 Å². The summed E-state index contributed by atoms with van der Waals surface area (Å²) in [5.41, 5.74) is 0.562. The van der Waals surface area contributed by atoms with Crippen LogP contribution in [0.25, 0.3) is 0 Å². The molecule has 0 spiro atoms. The molecule has 3 aliphatic heterocycles. The second-order valence-corrected chi connectivity index (χ2v) is 16.8. The van der Waals surface area contributed by atoms with Crippen LogP contribution in [0.5, 0.6) is 11.5 Å². The Morgan fingerprint density at radius 2 is 1.66 bits per heavy atom. The van der Waals surface area contributed by atoms with Crippen LogP contribution in [0.1, 0.15) is 66.1 Å². The van der Waals surface area contributed by atoms with Crippen molar-refractivity contribution in [2.45, 2.75) is 88.4 Å². The summed E-state index contributed by atoms with van der Waals surface area (Å²) in [6.45, 7) is 14.8. The van der Waals surface area contributed by atoms with E-state index in [9.17, 15) is 0 Å². The summed E-state index contributed by atoms with van der Waals surface area (Å²) in [6, 6.07) is 3.84. The molecular formula is C24H37BrO6Si. The number of methoxy groups -OCH3 is 2. The summed E-state index contributed by atoms with van der Waals surface area (Å²) in [7, 11) is 0.564. The molecule has 1 aromatic carbocycles. The van der Waals surface area contributed by atoms with E-state index in [1.54, 1.807) is 14.2 Å². The highest BCUT2D eigenvalue weighted by Crippen LogP contribution is 2.62. The Morgan fingerprint density at radius 1 is 1.06 bits per heavy atom. The molecule has 0 radical (unpaired) electrons. The van der Waals surface area contributed by atoms with E-state index >= 15 is 0 Å². The van der Waals surface area contributed by atoms with Gasteiger partial charge in [-0.25, -0.2) is 0 Å². The maximum Gasteiger partial charge on any atom is 0.350 e. The molecule has 0 aromatic heterocycles. The third-order valence-electron chi connectivity index (χ3n) is 7.01. The van der Waals surface area contributed by atoms with Gasteiger partial charge in [0.1, 0.15) is 29.3 Å². The van der Waals surface area contributed by atoms with Gasteiger partial charge in [0.2, 0.25) is 0 Å². The van der Waals surface area contributed by atoms with E-state index in [-0.39, 0.29) is 27.9 Å². The molecule has 4 atom stereocenters. The summed E-state index contributed by atoms with van der Waals surface area (Å²) in [5, 5.41) is -0.306. The first-order valence-corrected chi connectivity index (χ1v) is 14.0. The van der Waals surface area contributed by atoms with Gasteiger partial charge in [0, 0.05) is 15.6 Å². The van der Waals surface area contributed by atoms with E-state index in [1.165, 1.54) is 0 Å². The predicted octanol–water partition coefficient (Wildman–Crippen LogP) is 5.91. The predicted molar refractivity (Wildman–Crippen MR) is 129 cm³/mol. The van der Waals surface area contributed by atoms with Crippen LogP contribution in [0.3, 0.4) is 0 Å². The zero-order chi connectivity index (χ0) is 23.5. The Bertz CT molecular complexity index is 845. The Balaban J connectivity index is 1.83. The fraction of sp³-hybridized carbons (Fsp3) is 0.750. The molecule has 4 rings (SSSR count). The molecule has 3 fully saturated rings. The van der Waals surface area contributed by atoms with E-state index < -0.39 is 8.56 Å². The molecule has 0 bridgehead atoms. The maximum atomic E-state index is 7.23. The first-order chi connectivity index (χ1) is 14.9. The smallest absolute Gasteiger partial charge is 0.350 e. The van der Waals surface area contributed by atoms with Crippen molar-refractivity contribution in [3.8, 4) is 11.5 Å². The number of ether oxygens (including phenoxy) is 4. The minimum absolute atomic E-state index is 0.113. The highest BCUT2D eigenvalue weighted by atomic mass is 79.9. The van der Waals surface area contributed by atoms with Crippen molar-refractivity contribution in [1.29, 1.82) is 0 Å². The summed E-state index contributed by atoms with van der Waals surface area (Å²) >= 11 is 3.78. The number of halogens is 1. The average molecular weight is 530 g/mol. The van der Waals surface area contributed by atoms with Gasteiger partial charge in [-0.3, -0.25) is 0 Å². The Morgan fingerprint density at radius 3 is 2.19 bits per heavy atom. The van der Waals surface area contributed by atoms with Gasteiger partial charge in [0.05, 0.1) is 38.0 Å². The second kappa shape index (κ2) is 8.24. The number of fused-ring (bicyclic) bond motifs is 1. The fourth-order valence-electron chi connectivity index (χ4n) is 5.36. The lowest BCUT2D eigenvalue weighted by Crippen LogP contribution is -2.58. The first kappa shape index (κ1) is 24.5. The first-order valence-electron chi connectivity index (χ1n) is 11.4. The number of hydrogen-bond acceptors (Lipinski definition) is 6. The van der Waals surface area contributed by atoms with Crippen molar-refractivity contribution in [1.82, 2.24) is 0 Å². The van der Waals surface area contributed by atoms with Crippen LogP contribution in [0.15, 0.2) is 16.6 Å². The molecule has 0 saturated carbocycles. The van der Waals surface area contributed by atoms with Gasteiger partial charge >= 0.3 is 8.56 Å². The number of hydrogen-bond donors (Lipinski definition) is 0. The molecule has 3 aliphatic rings. The average Bonchev–Trinajstić information content (AvgIpc) is 3.59. The fourth-order valence-corrected chi connectivity index (χ4v) is 11.0. The molecule has 0 aliphatic carbocycles. The van der Waals surface area contributed by atoms with Crippen molar-refractivity contribution in [3.63, 3.8) is 0 Å². The molecule has 1 aromatic rings. The molecule has 32 heavy (non-hydrogen) atoms. The lowest BCUT2D eigenvalue weighted by Gasteiger charge is -2.50. The minimum atomic E-state index is -2.80. The molecule has 3 saturated heterocycles. The molecule has 8 heteroatoms. The Labute approximate surface area is 201 Å². The van der Waals surface area contributed by atoms with Crippen molar-refractivity contribution in [3.05, 3.63) is 22.2 Å². The van der Waals surface area contributed by atoms with Crippen LogP contribution < -0.4 is 9.47 Å². The zero-order valence-electron chi connectivity index (χ0n) is 20.5. The van der Waals surface area contributed by atoms with Gasteiger partial charge in [0.15, 0.2) is 0 Å². The van der Waals surface area contributed by atoms with Crippen LogP contribution in [0, 0.1) is 0 Å². The van der Waals surface area contributed by atoms with Crippen LogP contribution >= 0.6 is 15.9 Å². The van der Waals surface area contributed by atoms with Crippen LogP contribution in [0.4, 0.5) is 0 Å². The molecule has 6 nitrogen and oxygen atoms in total. The molecule has 1 unspecified atom stereocenters. The molecule has 180 valence electrons. The van der Waals surface area contributed by atoms with Crippen molar-refractivity contribution >= 4 is 24.5 Å². The number of benzene rings is 1. The van der Waals surface area contributed by atoms with Gasteiger partial charge in [-0.1, -0.05) is 41.5 Å². The Hall–Kier alpha value is -0.643. The summed E-state index contributed by atoms with van der Waals surface area (Å²) in [4.78, 5) is 0. The van der Waals surface area contributed by atoms with E-state index in [4.69, 9.17) is 27.8 Å². The van der Waals surface area contributed by atoms with Crippen LogP contribution in [-0.4, -0.2) is 53.8 Å². The van der Waals surface area contributed by atoms with Crippen molar-refractivity contribution in [2.75, 3.05) is 27.4 Å². The topological polar surface area (TPSA) is 62.0 Å². The van der Waals surface area contributed by atoms with E-state index in [1.807, 2.05) is 12.1 Å². The lowest BCUT2D eigenvalue weighted by atomic mass is 9.92. The lowest BCUT2D eigenvalue weighted by molar-refractivity contribution is 0.0467. The zero-order valence-corrected chi connectivity index (χ0v) is 23.1. The van der Waals surface area contributed by atoms with Crippen LogP contribution in [-0.2, 0) is 18.3 Å². The third kappa shape index (κ3) is 4.05. The van der Waals surface area contributed by atoms with E-state index in [0.717, 1.165) is 41.0 Å². The molecular weight excluding hydrogens is 492 g/mol. The largest absolute Gasteiger partial charge is 0.496 e. The number of epoxide rings is 2. The SMILES string of the molecule is COc1ccc(OC)c([C@H]2O[Si](C(C)(C)C)(C(C)(C)C)OC[C@]3(CCC4CO4)O[C@H]23)c1Br. The van der Waals surface area contributed by atoms with Crippen molar-refractivity contribution in [2.24, 2.45) is 0 Å². The van der Waals surface area contributed by atoms with E-state index in [0.29, 0.717) is 12.7 Å². The summed E-state index contributed by atoms with van der Waals surface area (Å²) in [5.74, 6) is 1.50. The van der Waals surface area contributed by atoms with Gasteiger partial charge in [-0.05, 0) is 40.9 Å². The standard InChI is InChI=1S/C24H37BrO6Si/c1-22(2,3)32(23(4,5)6)29-14-24(12-11-15-13-28-15)21(30-24)20(31-32)18-16(26-7)9-10-17(27-8)19(18)25/h9-10,15,20-21H,11-14H2,1-8H3/t15?,20-,21-,24+/m1/s1. The van der Waals surface area contributed by atoms with Gasteiger partial charge < -0.3 is 27.8 Å². The summed E-state index contributed by atoms with van der Waals surface area (Å²) < 4.78 is 38.3. The molecule has 0 amide bonds. The van der Waals surface area contributed by atoms with Crippen molar-refractivity contribution < 1.29 is 27.8 Å². The third-order valence-corrected chi connectivity index (χ3v) is 12.9. The highest BCUT2D eigenvalue weighted by Gasteiger charge is 2.70. The quantitative estimate of drug-likeness (QED) is 0.337. The monoisotopic (exact) mass is 528 g/mol. The number of rotatable bonds is 6. The molecule has 0 N–H and O–H groups in total. The normalized spacial score (nSPS) is 31.5. The molecule has 3 heterocycles. The minimum Gasteiger partial charge on any atom is -0.496 e. The van der Waals surface area contributed by atoms with Gasteiger partial charge in [0.25, 0.3) is 0 Å². The second-order valence-electron chi connectivity index (χ2n) is 11.2. The maximum absolute atomic E-state index is 7.23. The van der Waals surface area contributed by atoms with Gasteiger partial charge in [-0.15, -0.1) is 0 Å². The van der Waals surface area contributed by atoms with E-state index in [2.05, 4.69) is 57.5 Å².